The van der Waals surface area contributed by atoms with Crippen molar-refractivity contribution in [3.05, 3.63) is 42.2 Å². The molecule has 2 fully saturated rings. The fourth-order valence-electron chi connectivity index (χ4n) is 4.21. The summed E-state index contributed by atoms with van der Waals surface area (Å²) in [6, 6.07) is 6.00. The van der Waals surface area contributed by atoms with E-state index in [0.29, 0.717) is 19.6 Å². The van der Waals surface area contributed by atoms with Crippen molar-refractivity contribution in [1.29, 1.82) is 0 Å². The maximum absolute atomic E-state index is 13.6. The van der Waals surface area contributed by atoms with E-state index in [4.69, 9.17) is 19.3 Å². The van der Waals surface area contributed by atoms with Crippen LogP contribution in [0.2, 0.25) is 0 Å². The molecule has 0 bridgehead atoms. The van der Waals surface area contributed by atoms with Crippen LogP contribution in [0, 0.1) is 23.6 Å². The summed E-state index contributed by atoms with van der Waals surface area (Å²) in [4.78, 5) is 10.6. The molecule has 7 nitrogen and oxygen atoms in total. The number of carboxylic acid groups (broad SMARTS) is 1. The van der Waals surface area contributed by atoms with Gasteiger partial charge in [0, 0.05) is 18.3 Å². The number of fused-ring (bicyclic) bond motifs is 1. The van der Waals surface area contributed by atoms with Crippen LogP contribution in [0.3, 0.4) is 0 Å². The Morgan fingerprint density at radius 1 is 1.33 bits per heavy atom. The number of ether oxygens (including phenoxy) is 3. The molecular weight excluding hydrogens is 395 g/mol. The first-order valence-electron chi connectivity index (χ1n) is 10.3. The van der Waals surface area contributed by atoms with E-state index in [1.807, 2.05) is 0 Å². The van der Waals surface area contributed by atoms with Gasteiger partial charge >= 0.3 is 5.97 Å². The van der Waals surface area contributed by atoms with Crippen molar-refractivity contribution in [2.45, 2.75) is 37.6 Å². The lowest BCUT2D eigenvalue weighted by Crippen LogP contribution is -2.22. The van der Waals surface area contributed by atoms with E-state index < -0.39 is 24.0 Å². The van der Waals surface area contributed by atoms with Crippen LogP contribution in [0.1, 0.15) is 19.3 Å². The van der Waals surface area contributed by atoms with Crippen LogP contribution in [-0.4, -0.2) is 66.0 Å². The van der Waals surface area contributed by atoms with Gasteiger partial charge in [-0.25, -0.2) is 9.18 Å². The molecule has 1 saturated carbocycles. The first-order chi connectivity index (χ1) is 14.4. The molecule has 6 atom stereocenters. The Balaban J connectivity index is 1.50. The van der Waals surface area contributed by atoms with Gasteiger partial charge in [0.05, 0.1) is 25.4 Å². The highest BCUT2D eigenvalue weighted by Gasteiger charge is 2.43. The van der Waals surface area contributed by atoms with Crippen molar-refractivity contribution in [2.24, 2.45) is 17.8 Å². The second-order valence-corrected chi connectivity index (χ2v) is 7.96. The lowest BCUT2D eigenvalue weighted by molar-refractivity contribution is -0.143. The molecule has 1 heterocycles. The molecule has 1 aliphatic carbocycles. The number of rotatable bonds is 9. The van der Waals surface area contributed by atoms with Gasteiger partial charge in [-0.3, -0.25) is 0 Å². The summed E-state index contributed by atoms with van der Waals surface area (Å²) < 4.78 is 30.1. The number of carbonyl (C=O) groups is 1. The Morgan fingerprint density at radius 3 is 2.90 bits per heavy atom. The van der Waals surface area contributed by atoms with E-state index in [1.165, 1.54) is 12.1 Å². The zero-order valence-electron chi connectivity index (χ0n) is 16.7. The fourth-order valence-corrected chi connectivity index (χ4v) is 4.21. The molecule has 0 amide bonds. The van der Waals surface area contributed by atoms with E-state index in [0.717, 1.165) is 12.8 Å². The summed E-state index contributed by atoms with van der Waals surface area (Å²) in [7, 11) is 0. The molecule has 1 aliphatic heterocycles. The third kappa shape index (κ3) is 6.25. The number of halogens is 1. The molecular formula is C22H29FO7. The van der Waals surface area contributed by atoms with E-state index in [1.54, 1.807) is 24.3 Å². The van der Waals surface area contributed by atoms with Gasteiger partial charge in [0.2, 0.25) is 0 Å². The summed E-state index contributed by atoms with van der Waals surface area (Å²) in [6.45, 7) is 0.401. The minimum absolute atomic E-state index is 0.0778. The van der Waals surface area contributed by atoms with Gasteiger partial charge in [-0.05, 0) is 30.9 Å². The molecule has 0 radical (unpaired) electrons. The number of hydrogen-bond acceptors (Lipinski definition) is 6. The SMILES string of the molecule is O=C(O)COC[C@H]1CC[C@@H]2[C@@H](C=C[C@@H](O)COc3ccccc3F)[C@H](O)C[C@@H]2OC1. The van der Waals surface area contributed by atoms with Gasteiger partial charge in [-0.1, -0.05) is 24.3 Å². The predicted molar refractivity (Wildman–Crippen MR) is 106 cm³/mol. The largest absolute Gasteiger partial charge is 0.487 e. The molecule has 1 saturated heterocycles. The van der Waals surface area contributed by atoms with Crippen molar-refractivity contribution >= 4 is 5.97 Å². The predicted octanol–water partition coefficient (Wildman–Crippen LogP) is 2.02. The average molecular weight is 424 g/mol. The molecule has 3 rings (SSSR count). The highest BCUT2D eigenvalue weighted by Crippen LogP contribution is 2.41. The van der Waals surface area contributed by atoms with E-state index in [2.05, 4.69) is 0 Å². The Hall–Kier alpha value is -2.00. The summed E-state index contributed by atoms with van der Waals surface area (Å²) >= 11 is 0. The summed E-state index contributed by atoms with van der Waals surface area (Å²) in [5.74, 6) is -1.32. The molecule has 166 valence electrons. The molecule has 3 N–H and O–H groups in total. The van der Waals surface area contributed by atoms with Crippen molar-refractivity contribution in [2.75, 3.05) is 26.4 Å². The summed E-state index contributed by atoms with van der Waals surface area (Å²) in [6.07, 6.45) is 3.97. The first-order valence-corrected chi connectivity index (χ1v) is 10.3. The van der Waals surface area contributed by atoms with Crippen molar-refractivity contribution in [1.82, 2.24) is 0 Å². The lowest BCUT2D eigenvalue weighted by atomic mass is 9.87. The van der Waals surface area contributed by atoms with Gasteiger partial charge < -0.3 is 29.5 Å². The number of hydrogen-bond donors (Lipinski definition) is 3. The van der Waals surface area contributed by atoms with Crippen molar-refractivity contribution < 1.29 is 38.7 Å². The van der Waals surface area contributed by atoms with Crippen LogP contribution in [0.5, 0.6) is 5.75 Å². The lowest BCUT2D eigenvalue weighted by Gasteiger charge is -2.21. The normalized spacial score (nSPS) is 30.0. The second-order valence-electron chi connectivity index (χ2n) is 7.96. The van der Waals surface area contributed by atoms with Crippen LogP contribution in [0.4, 0.5) is 4.39 Å². The minimum atomic E-state index is -0.993. The molecule has 0 unspecified atom stereocenters. The zero-order valence-corrected chi connectivity index (χ0v) is 16.7. The van der Waals surface area contributed by atoms with E-state index >= 15 is 0 Å². The quantitative estimate of drug-likeness (QED) is 0.521. The number of aliphatic hydroxyl groups excluding tert-OH is 2. The monoisotopic (exact) mass is 424 g/mol. The molecule has 1 aromatic carbocycles. The van der Waals surface area contributed by atoms with Gasteiger partial charge in [0.25, 0.3) is 0 Å². The van der Waals surface area contributed by atoms with Crippen LogP contribution in [0.25, 0.3) is 0 Å². The zero-order chi connectivity index (χ0) is 21.5. The minimum Gasteiger partial charge on any atom is -0.487 e. The third-order valence-electron chi connectivity index (χ3n) is 5.73. The fraction of sp³-hybridized carbons (Fsp3) is 0.591. The third-order valence-corrected chi connectivity index (χ3v) is 5.73. The molecule has 0 spiro atoms. The van der Waals surface area contributed by atoms with Gasteiger partial charge in [0.15, 0.2) is 11.6 Å². The molecule has 2 aliphatic rings. The Bertz CT molecular complexity index is 725. The summed E-state index contributed by atoms with van der Waals surface area (Å²) in [5, 5.41) is 29.3. The molecule has 0 aromatic heterocycles. The summed E-state index contributed by atoms with van der Waals surface area (Å²) in [5.41, 5.74) is 0. The van der Waals surface area contributed by atoms with Crippen LogP contribution in [-0.2, 0) is 14.3 Å². The number of carboxylic acids is 1. The Morgan fingerprint density at radius 2 is 2.13 bits per heavy atom. The van der Waals surface area contributed by atoms with Crippen molar-refractivity contribution in [3.63, 3.8) is 0 Å². The highest BCUT2D eigenvalue weighted by molar-refractivity contribution is 5.67. The maximum Gasteiger partial charge on any atom is 0.329 e. The van der Waals surface area contributed by atoms with Gasteiger partial charge in [0.1, 0.15) is 19.3 Å². The second kappa shape index (κ2) is 10.9. The number of benzene rings is 1. The van der Waals surface area contributed by atoms with Crippen molar-refractivity contribution in [3.8, 4) is 5.75 Å². The molecule has 30 heavy (non-hydrogen) atoms. The number of aliphatic hydroxyl groups is 2. The van der Waals surface area contributed by atoms with E-state index in [-0.39, 0.29) is 42.8 Å². The topological polar surface area (TPSA) is 105 Å². The first kappa shape index (κ1) is 22.7. The van der Waals surface area contributed by atoms with Crippen LogP contribution >= 0.6 is 0 Å². The average Bonchev–Trinajstić information content (AvgIpc) is 2.87. The maximum atomic E-state index is 13.6. The van der Waals surface area contributed by atoms with Gasteiger partial charge in [-0.15, -0.1) is 0 Å². The Kier molecular flexibility index (Phi) is 8.21. The van der Waals surface area contributed by atoms with Crippen LogP contribution < -0.4 is 4.74 Å². The highest BCUT2D eigenvalue weighted by atomic mass is 19.1. The number of aliphatic carboxylic acids is 1. The van der Waals surface area contributed by atoms with Gasteiger partial charge in [-0.2, -0.15) is 0 Å². The molecule has 1 aromatic rings. The standard InChI is InChI=1S/C22H29FO7/c23-18-3-1-2-4-20(18)30-12-15(24)6-8-16-17-7-5-14(10-28-13-22(26)27)11-29-21(17)9-19(16)25/h1-4,6,8,14-17,19,21,24-25H,5,7,9-13H2,(H,26,27)/t14-,15-,16-,17-,19-,21+/m1/s1. The van der Waals surface area contributed by atoms with Crippen LogP contribution in [0.15, 0.2) is 36.4 Å². The molecule has 8 heteroatoms. The van der Waals surface area contributed by atoms with E-state index in [9.17, 15) is 19.4 Å². The number of para-hydroxylation sites is 1. The Labute approximate surface area is 175 Å². The smallest absolute Gasteiger partial charge is 0.329 e.